The fourth-order valence-corrected chi connectivity index (χ4v) is 4.23. The molecule has 0 saturated heterocycles. The van der Waals surface area contributed by atoms with Crippen molar-refractivity contribution in [2.45, 2.75) is 13.3 Å². The van der Waals surface area contributed by atoms with Gasteiger partial charge in [-0.1, -0.05) is 18.2 Å². The molecule has 3 heterocycles. The van der Waals surface area contributed by atoms with Crippen LogP contribution in [0.4, 0.5) is 5.00 Å². The number of nitrogens with zero attached hydrogens (tertiary/aromatic N) is 1. The van der Waals surface area contributed by atoms with Crippen LogP contribution in [0, 0.1) is 0 Å². The first-order chi connectivity index (χ1) is 16.5. The number of furan rings is 1. The molecule has 10 nitrogen and oxygen atoms in total. The number of thiophene rings is 1. The second kappa shape index (κ2) is 10.1. The number of H-pyrrole nitrogens is 1. The first kappa shape index (κ1) is 22.9. The van der Waals surface area contributed by atoms with Gasteiger partial charge in [0.1, 0.15) is 16.3 Å². The van der Waals surface area contributed by atoms with Gasteiger partial charge in [0.2, 0.25) is 0 Å². The number of anilines is 1. The Morgan fingerprint density at radius 3 is 2.65 bits per heavy atom. The van der Waals surface area contributed by atoms with Gasteiger partial charge in [0.25, 0.3) is 11.5 Å². The summed E-state index contributed by atoms with van der Waals surface area (Å²) in [6, 6.07) is 10.1. The van der Waals surface area contributed by atoms with E-state index in [9.17, 15) is 19.2 Å². The third kappa shape index (κ3) is 4.89. The Labute approximate surface area is 196 Å². The SMILES string of the molecule is CCOC(=O)c1c(-c2ccco2)csc1NC(=O)COC(=O)Cc1n[nH]c(=O)c2ccccc12. The standard InChI is InChI=1S/C23H19N3O7S/c1-2-31-23(30)20-15(17-8-5-9-32-17)12-34-22(20)24-18(27)11-33-19(28)10-16-13-6-3-4-7-14(13)21(29)26-25-16/h3-9,12H,2,10-11H2,1H3,(H,24,27)(H,26,29). The summed E-state index contributed by atoms with van der Waals surface area (Å²) in [5, 5.41) is 11.7. The first-order valence-electron chi connectivity index (χ1n) is 10.2. The van der Waals surface area contributed by atoms with Crippen molar-refractivity contribution >= 4 is 45.0 Å². The number of hydrogen-bond donors (Lipinski definition) is 2. The molecule has 0 bridgehead atoms. The Bertz CT molecular complexity index is 1410. The molecule has 2 N–H and O–H groups in total. The van der Waals surface area contributed by atoms with E-state index in [2.05, 4.69) is 15.5 Å². The monoisotopic (exact) mass is 481 g/mol. The summed E-state index contributed by atoms with van der Waals surface area (Å²) in [5.41, 5.74) is 0.600. The van der Waals surface area contributed by atoms with Gasteiger partial charge in [0, 0.05) is 16.3 Å². The maximum absolute atomic E-state index is 12.5. The van der Waals surface area contributed by atoms with Crippen LogP contribution in [-0.2, 0) is 25.5 Å². The van der Waals surface area contributed by atoms with E-state index in [4.69, 9.17) is 13.9 Å². The summed E-state index contributed by atoms with van der Waals surface area (Å²) in [7, 11) is 0. The first-order valence-corrected chi connectivity index (χ1v) is 11.1. The maximum Gasteiger partial charge on any atom is 0.341 e. The zero-order valence-corrected chi connectivity index (χ0v) is 18.8. The molecule has 0 fully saturated rings. The molecular weight excluding hydrogens is 462 g/mol. The van der Waals surface area contributed by atoms with Crippen LogP contribution in [0.15, 0.2) is 57.3 Å². The molecule has 3 aromatic heterocycles. The number of carbonyl (C=O) groups excluding carboxylic acids is 3. The Morgan fingerprint density at radius 1 is 1.12 bits per heavy atom. The molecule has 0 saturated carbocycles. The van der Waals surface area contributed by atoms with Crippen molar-refractivity contribution in [2.75, 3.05) is 18.5 Å². The third-order valence-electron chi connectivity index (χ3n) is 4.76. The highest BCUT2D eigenvalue weighted by molar-refractivity contribution is 7.15. The van der Waals surface area contributed by atoms with Gasteiger partial charge in [-0.3, -0.25) is 14.4 Å². The summed E-state index contributed by atoms with van der Waals surface area (Å²) >= 11 is 1.12. The zero-order chi connectivity index (χ0) is 24.1. The number of nitrogens with one attached hydrogen (secondary N) is 2. The number of aromatic nitrogens is 2. The van der Waals surface area contributed by atoms with Gasteiger partial charge in [-0.25, -0.2) is 9.89 Å². The second-order valence-electron chi connectivity index (χ2n) is 6.98. The van der Waals surface area contributed by atoms with Crippen LogP contribution in [0.3, 0.4) is 0 Å². The van der Waals surface area contributed by atoms with Crippen LogP contribution in [0.25, 0.3) is 22.1 Å². The van der Waals surface area contributed by atoms with Crippen LogP contribution in [0.5, 0.6) is 0 Å². The molecule has 4 aromatic rings. The summed E-state index contributed by atoms with van der Waals surface area (Å²) in [4.78, 5) is 49.1. The smallest absolute Gasteiger partial charge is 0.341 e. The topological polar surface area (TPSA) is 141 Å². The van der Waals surface area contributed by atoms with E-state index in [1.54, 1.807) is 48.7 Å². The zero-order valence-electron chi connectivity index (χ0n) is 18.0. The summed E-state index contributed by atoms with van der Waals surface area (Å²) < 4.78 is 15.6. The molecule has 0 aliphatic rings. The minimum Gasteiger partial charge on any atom is -0.464 e. The molecule has 0 aliphatic heterocycles. The summed E-state index contributed by atoms with van der Waals surface area (Å²) in [5.74, 6) is -1.50. The Kier molecular flexibility index (Phi) is 6.83. The predicted molar refractivity (Wildman–Crippen MR) is 124 cm³/mol. The molecule has 0 atom stereocenters. The Hall–Kier alpha value is -4.25. The van der Waals surface area contributed by atoms with Gasteiger partial charge >= 0.3 is 11.9 Å². The highest BCUT2D eigenvalue weighted by Crippen LogP contribution is 2.36. The number of carbonyl (C=O) groups is 3. The highest BCUT2D eigenvalue weighted by atomic mass is 32.1. The molecular formula is C23H19N3O7S. The molecule has 0 aliphatic carbocycles. The lowest BCUT2D eigenvalue weighted by molar-refractivity contribution is -0.146. The molecule has 1 aromatic carbocycles. The van der Waals surface area contributed by atoms with Gasteiger partial charge in [-0.05, 0) is 25.1 Å². The van der Waals surface area contributed by atoms with Crippen LogP contribution in [0.1, 0.15) is 23.0 Å². The molecule has 4 rings (SSSR count). The number of benzene rings is 1. The quantitative estimate of drug-likeness (QED) is 0.366. The maximum atomic E-state index is 12.5. The van der Waals surface area contributed by atoms with Crippen molar-refractivity contribution in [3.05, 3.63) is 69.7 Å². The lowest BCUT2D eigenvalue weighted by Crippen LogP contribution is -2.23. The van der Waals surface area contributed by atoms with Crippen LogP contribution < -0.4 is 10.9 Å². The number of hydrogen-bond acceptors (Lipinski definition) is 9. The molecule has 174 valence electrons. The average molecular weight is 481 g/mol. The number of aromatic amines is 1. The Balaban J connectivity index is 1.43. The predicted octanol–water partition coefficient (Wildman–Crippen LogP) is 3.15. The van der Waals surface area contributed by atoms with Crippen LogP contribution in [0.2, 0.25) is 0 Å². The Morgan fingerprint density at radius 2 is 1.91 bits per heavy atom. The fraction of sp³-hybridized carbons (Fsp3) is 0.174. The van der Waals surface area contributed by atoms with Gasteiger partial charge in [-0.2, -0.15) is 5.10 Å². The number of esters is 2. The fourth-order valence-electron chi connectivity index (χ4n) is 3.27. The molecule has 11 heteroatoms. The number of amides is 1. The minimum atomic E-state index is -0.701. The second-order valence-corrected chi connectivity index (χ2v) is 7.86. The summed E-state index contributed by atoms with van der Waals surface area (Å²) in [6.07, 6.45) is 1.24. The number of ether oxygens (including phenoxy) is 2. The van der Waals surface area contributed by atoms with E-state index in [0.29, 0.717) is 27.8 Å². The van der Waals surface area contributed by atoms with Gasteiger partial charge in [-0.15, -0.1) is 11.3 Å². The van der Waals surface area contributed by atoms with E-state index in [-0.39, 0.29) is 29.2 Å². The van der Waals surface area contributed by atoms with E-state index in [0.717, 1.165) is 11.3 Å². The summed E-state index contributed by atoms with van der Waals surface area (Å²) in [6.45, 7) is 1.26. The van der Waals surface area contributed by atoms with E-state index in [1.807, 2.05) is 0 Å². The van der Waals surface area contributed by atoms with Gasteiger partial charge < -0.3 is 19.2 Å². The average Bonchev–Trinajstić information content (AvgIpc) is 3.50. The van der Waals surface area contributed by atoms with Gasteiger partial charge in [0.15, 0.2) is 6.61 Å². The number of rotatable bonds is 8. The van der Waals surface area contributed by atoms with Crippen molar-refractivity contribution in [1.29, 1.82) is 0 Å². The largest absolute Gasteiger partial charge is 0.464 e. The van der Waals surface area contributed by atoms with Crippen molar-refractivity contribution in [3.63, 3.8) is 0 Å². The van der Waals surface area contributed by atoms with Crippen molar-refractivity contribution < 1.29 is 28.3 Å². The minimum absolute atomic E-state index is 0.157. The molecule has 0 unspecified atom stereocenters. The molecule has 0 radical (unpaired) electrons. The number of fused-ring (bicyclic) bond motifs is 1. The molecule has 34 heavy (non-hydrogen) atoms. The van der Waals surface area contributed by atoms with Crippen molar-refractivity contribution in [3.8, 4) is 11.3 Å². The normalized spacial score (nSPS) is 10.7. The van der Waals surface area contributed by atoms with Crippen molar-refractivity contribution in [2.24, 2.45) is 0 Å². The van der Waals surface area contributed by atoms with E-state index in [1.165, 1.54) is 6.26 Å². The third-order valence-corrected chi connectivity index (χ3v) is 5.66. The van der Waals surface area contributed by atoms with E-state index < -0.39 is 24.5 Å². The van der Waals surface area contributed by atoms with E-state index >= 15 is 0 Å². The van der Waals surface area contributed by atoms with Crippen LogP contribution in [-0.4, -0.2) is 41.3 Å². The van der Waals surface area contributed by atoms with Crippen molar-refractivity contribution in [1.82, 2.24) is 10.2 Å². The lowest BCUT2D eigenvalue weighted by atomic mass is 10.1. The van der Waals surface area contributed by atoms with Crippen LogP contribution >= 0.6 is 11.3 Å². The molecule has 0 spiro atoms. The lowest BCUT2D eigenvalue weighted by Gasteiger charge is -2.09. The highest BCUT2D eigenvalue weighted by Gasteiger charge is 2.24. The molecule has 1 amide bonds. The van der Waals surface area contributed by atoms with Gasteiger partial charge in [0.05, 0.1) is 30.4 Å².